The quantitative estimate of drug-likeness (QED) is 0.690. The fraction of sp³-hybridized carbons (Fsp3) is 0.333. The van der Waals surface area contributed by atoms with Crippen molar-refractivity contribution in [1.82, 2.24) is 0 Å². The van der Waals surface area contributed by atoms with Crippen LogP contribution in [-0.4, -0.2) is 13.0 Å². The van der Waals surface area contributed by atoms with Gasteiger partial charge in [-0.05, 0) is 36.6 Å². The molecule has 0 fully saturated rings. The van der Waals surface area contributed by atoms with Crippen LogP contribution in [0.5, 0.6) is 5.75 Å². The summed E-state index contributed by atoms with van der Waals surface area (Å²) in [5.41, 5.74) is 2.36. The molecule has 14 heavy (non-hydrogen) atoms. The Labute approximate surface area is 90.3 Å². The van der Waals surface area contributed by atoms with Gasteiger partial charge in [-0.25, -0.2) is 0 Å². The number of halogens is 1. The van der Waals surface area contributed by atoms with Crippen LogP contribution >= 0.6 is 11.6 Å². The Kier molecular flexibility index (Phi) is 4.54. The molecule has 0 aliphatic heterocycles. The van der Waals surface area contributed by atoms with E-state index in [1.54, 1.807) is 7.11 Å². The molecular formula is C12H15ClO. The standard InChI is InChI=1S/C12H15ClO/c1-10-7-11(5-3-4-6-13)9-12(8-10)14-2/h3,5,7-9H,4,6H2,1-2H3. The van der Waals surface area contributed by atoms with E-state index < -0.39 is 0 Å². The summed E-state index contributed by atoms with van der Waals surface area (Å²) >= 11 is 5.58. The maximum atomic E-state index is 5.58. The third-order valence-corrected chi connectivity index (χ3v) is 2.11. The van der Waals surface area contributed by atoms with E-state index in [9.17, 15) is 0 Å². The molecule has 0 amide bonds. The van der Waals surface area contributed by atoms with Crippen molar-refractivity contribution in [2.24, 2.45) is 0 Å². The second-order valence-corrected chi connectivity index (χ2v) is 3.54. The molecule has 0 saturated carbocycles. The second kappa shape index (κ2) is 5.71. The first-order valence-corrected chi connectivity index (χ1v) is 5.18. The summed E-state index contributed by atoms with van der Waals surface area (Å²) in [6.07, 6.45) is 5.04. The lowest BCUT2D eigenvalue weighted by molar-refractivity contribution is 0.414. The summed E-state index contributed by atoms with van der Waals surface area (Å²) in [5, 5.41) is 0. The second-order valence-electron chi connectivity index (χ2n) is 3.16. The molecule has 1 rings (SSSR count). The van der Waals surface area contributed by atoms with Gasteiger partial charge in [0.05, 0.1) is 7.11 Å². The first kappa shape index (κ1) is 11.1. The van der Waals surface area contributed by atoms with Gasteiger partial charge in [-0.15, -0.1) is 11.6 Å². The van der Waals surface area contributed by atoms with Crippen LogP contribution in [0, 0.1) is 6.92 Å². The van der Waals surface area contributed by atoms with Crippen LogP contribution in [0.3, 0.4) is 0 Å². The summed E-state index contributed by atoms with van der Waals surface area (Å²) in [6.45, 7) is 2.06. The summed E-state index contributed by atoms with van der Waals surface area (Å²) in [6, 6.07) is 6.14. The fourth-order valence-electron chi connectivity index (χ4n) is 1.27. The molecule has 0 aliphatic rings. The third kappa shape index (κ3) is 3.43. The van der Waals surface area contributed by atoms with Gasteiger partial charge in [0.1, 0.15) is 5.75 Å². The number of rotatable bonds is 4. The number of alkyl halides is 1. The topological polar surface area (TPSA) is 9.23 Å². The normalized spacial score (nSPS) is 10.8. The van der Waals surface area contributed by atoms with Crippen LogP contribution in [0.25, 0.3) is 6.08 Å². The van der Waals surface area contributed by atoms with E-state index in [-0.39, 0.29) is 0 Å². The van der Waals surface area contributed by atoms with Gasteiger partial charge in [0.25, 0.3) is 0 Å². The predicted octanol–water partition coefficient (Wildman–Crippen LogP) is 3.65. The first-order valence-electron chi connectivity index (χ1n) is 4.64. The van der Waals surface area contributed by atoms with Crippen molar-refractivity contribution in [1.29, 1.82) is 0 Å². The molecule has 0 bridgehead atoms. The van der Waals surface area contributed by atoms with Crippen molar-refractivity contribution in [3.63, 3.8) is 0 Å². The molecule has 0 aromatic heterocycles. The third-order valence-electron chi connectivity index (χ3n) is 1.89. The molecule has 0 saturated heterocycles. The lowest BCUT2D eigenvalue weighted by Crippen LogP contribution is -1.85. The molecule has 0 unspecified atom stereocenters. The van der Waals surface area contributed by atoms with E-state index >= 15 is 0 Å². The van der Waals surface area contributed by atoms with Crippen molar-refractivity contribution in [3.8, 4) is 5.75 Å². The highest BCUT2D eigenvalue weighted by Crippen LogP contribution is 2.17. The molecule has 76 valence electrons. The predicted molar refractivity (Wildman–Crippen MR) is 62.1 cm³/mol. The number of allylic oxidation sites excluding steroid dienone is 1. The van der Waals surface area contributed by atoms with Gasteiger partial charge in [-0.2, -0.15) is 0 Å². The molecule has 0 atom stereocenters. The van der Waals surface area contributed by atoms with Gasteiger partial charge >= 0.3 is 0 Å². The van der Waals surface area contributed by atoms with Crippen LogP contribution in [0.15, 0.2) is 24.3 Å². The van der Waals surface area contributed by atoms with E-state index in [0.717, 1.165) is 17.7 Å². The zero-order chi connectivity index (χ0) is 10.4. The highest BCUT2D eigenvalue weighted by Gasteiger charge is 1.94. The highest BCUT2D eigenvalue weighted by molar-refractivity contribution is 6.17. The molecule has 1 aromatic rings. The zero-order valence-electron chi connectivity index (χ0n) is 8.59. The Bertz CT molecular complexity index is 318. The van der Waals surface area contributed by atoms with Crippen molar-refractivity contribution in [2.75, 3.05) is 13.0 Å². The molecule has 0 aliphatic carbocycles. The van der Waals surface area contributed by atoms with E-state index in [0.29, 0.717) is 5.88 Å². The maximum Gasteiger partial charge on any atom is 0.119 e. The zero-order valence-corrected chi connectivity index (χ0v) is 9.34. The minimum absolute atomic E-state index is 0.666. The van der Waals surface area contributed by atoms with Crippen molar-refractivity contribution >= 4 is 17.7 Å². The Morgan fingerprint density at radius 1 is 1.36 bits per heavy atom. The van der Waals surface area contributed by atoms with Gasteiger partial charge < -0.3 is 4.74 Å². The number of aryl methyl sites for hydroxylation is 1. The molecular weight excluding hydrogens is 196 g/mol. The average molecular weight is 211 g/mol. The van der Waals surface area contributed by atoms with Gasteiger partial charge in [-0.3, -0.25) is 0 Å². The van der Waals surface area contributed by atoms with Crippen molar-refractivity contribution in [3.05, 3.63) is 35.4 Å². The monoisotopic (exact) mass is 210 g/mol. The van der Waals surface area contributed by atoms with Crippen molar-refractivity contribution in [2.45, 2.75) is 13.3 Å². The summed E-state index contributed by atoms with van der Waals surface area (Å²) in [4.78, 5) is 0. The first-order chi connectivity index (χ1) is 6.76. The van der Waals surface area contributed by atoms with Crippen LogP contribution in [0.2, 0.25) is 0 Å². The van der Waals surface area contributed by atoms with E-state index in [1.807, 2.05) is 12.1 Å². The fourth-order valence-corrected chi connectivity index (χ4v) is 1.40. The van der Waals surface area contributed by atoms with Gasteiger partial charge in [-0.1, -0.05) is 18.2 Å². The van der Waals surface area contributed by atoms with E-state index in [1.165, 1.54) is 5.56 Å². The van der Waals surface area contributed by atoms with Crippen LogP contribution < -0.4 is 4.74 Å². The molecule has 0 radical (unpaired) electrons. The number of benzene rings is 1. The highest BCUT2D eigenvalue weighted by atomic mass is 35.5. The summed E-state index contributed by atoms with van der Waals surface area (Å²) in [7, 11) is 1.68. The molecule has 0 heterocycles. The minimum Gasteiger partial charge on any atom is -0.497 e. The lowest BCUT2D eigenvalue weighted by atomic mass is 10.1. The average Bonchev–Trinajstić information content (AvgIpc) is 2.17. The number of methoxy groups -OCH3 is 1. The summed E-state index contributed by atoms with van der Waals surface area (Å²) < 4.78 is 5.18. The minimum atomic E-state index is 0.666. The van der Waals surface area contributed by atoms with Crippen molar-refractivity contribution < 1.29 is 4.74 Å². The lowest BCUT2D eigenvalue weighted by Gasteiger charge is -2.03. The molecule has 1 aromatic carbocycles. The Morgan fingerprint density at radius 3 is 2.79 bits per heavy atom. The smallest absolute Gasteiger partial charge is 0.119 e. The number of ether oxygens (including phenoxy) is 1. The van der Waals surface area contributed by atoms with Crippen LogP contribution in [0.4, 0.5) is 0 Å². The maximum absolute atomic E-state index is 5.58. The van der Waals surface area contributed by atoms with Gasteiger partial charge in [0, 0.05) is 5.88 Å². The molecule has 2 heteroatoms. The van der Waals surface area contributed by atoms with Crippen LogP contribution in [0.1, 0.15) is 17.5 Å². The molecule has 1 nitrogen and oxygen atoms in total. The Hall–Kier alpha value is -0.950. The SMILES string of the molecule is COc1cc(C)cc(C=CCCCl)c1. The van der Waals surface area contributed by atoms with Gasteiger partial charge in [0.15, 0.2) is 0 Å². The van der Waals surface area contributed by atoms with Crippen LogP contribution in [-0.2, 0) is 0 Å². The number of hydrogen-bond acceptors (Lipinski definition) is 1. The Balaban J connectivity index is 2.81. The van der Waals surface area contributed by atoms with E-state index in [2.05, 4.69) is 25.1 Å². The molecule has 0 spiro atoms. The Morgan fingerprint density at radius 2 is 2.14 bits per heavy atom. The van der Waals surface area contributed by atoms with Gasteiger partial charge in [0.2, 0.25) is 0 Å². The molecule has 0 N–H and O–H groups in total. The number of hydrogen-bond donors (Lipinski definition) is 0. The largest absolute Gasteiger partial charge is 0.497 e. The van der Waals surface area contributed by atoms with E-state index in [4.69, 9.17) is 16.3 Å². The summed E-state index contributed by atoms with van der Waals surface area (Å²) in [5.74, 6) is 1.56.